The monoisotopic (exact) mass is 352 g/mol. The van der Waals surface area contributed by atoms with Crippen molar-refractivity contribution in [2.24, 2.45) is 4.99 Å². The van der Waals surface area contributed by atoms with Gasteiger partial charge in [0.2, 0.25) is 0 Å². The Kier molecular flexibility index (Phi) is 4.65. The molecule has 0 bridgehead atoms. The van der Waals surface area contributed by atoms with E-state index < -0.39 is 29.9 Å². The van der Waals surface area contributed by atoms with Crippen molar-refractivity contribution < 1.29 is 19.5 Å². The standard InChI is InChI=1S/C15H24N6O4/c1-3-19(4-2)14(24)21-12-15(25,11(22)18-13(21)23)17-9-20(12)10-5-7-16-8-6-10/h9-10,12,16,25H,3-8H2,1-2H3,(H,18,22,23). The van der Waals surface area contributed by atoms with Gasteiger partial charge in [0.1, 0.15) is 0 Å². The average Bonchev–Trinajstić information content (AvgIpc) is 2.96. The smallest absolute Gasteiger partial charge is 0.334 e. The fraction of sp³-hybridized carbons (Fsp3) is 0.733. The number of carbonyl (C=O) groups is 3. The Morgan fingerprint density at radius 3 is 2.60 bits per heavy atom. The first-order chi connectivity index (χ1) is 11.9. The van der Waals surface area contributed by atoms with Crippen molar-refractivity contribution in [3.8, 4) is 0 Å². The highest BCUT2D eigenvalue weighted by molar-refractivity contribution is 6.09. The van der Waals surface area contributed by atoms with Gasteiger partial charge in [-0.1, -0.05) is 0 Å². The van der Waals surface area contributed by atoms with Gasteiger partial charge in [0.15, 0.2) is 6.17 Å². The average molecular weight is 352 g/mol. The fourth-order valence-corrected chi connectivity index (χ4v) is 3.58. The maximum atomic E-state index is 12.9. The molecule has 3 rings (SSSR count). The minimum absolute atomic E-state index is 0.0188. The lowest BCUT2D eigenvalue weighted by Crippen LogP contribution is -2.74. The summed E-state index contributed by atoms with van der Waals surface area (Å²) < 4.78 is 0. The zero-order valence-corrected chi connectivity index (χ0v) is 14.4. The minimum Gasteiger partial charge on any atom is -0.359 e. The second-order valence-electron chi connectivity index (χ2n) is 6.36. The van der Waals surface area contributed by atoms with Crippen LogP contribution in [0.4, 0.5) is 9.59 Å². The predicted octanol–water partition coefficient (Wildman–Crippen LogP) is -0.889. The molecule has 10 nitrogen and oxygen atoms in total. The molecule has 2 fully saturated rings. The number of piperidine rings is 1. The van der Waals surface area contributed by atoms with Gasteiger partial charge < -0.3 is 20.2 Å². The number of urea groups is 2. The van der Waals surface area contributed by atoms with E-state index in [9.17, 15) is 19.5 Å². The Morgan fingerprint density at radius 2 is 2.00 bits per heavy atom. The molecule has 3 aliphatic heterocycles. The quantitative estimate of drug-likeness (QED) is 0.607. The Labute approximate surface area is 145 Å². The van der Waals surface area contributed by atoms with Crippen LogP contribution in [0.2, 0.25) is 0 Å². The number of rotatable bonds is 3. The summed E-state index contributed by atoms with van der Waals surface area (Å²) in [5.74, 6) is -0.904. The molecule has 5 amide bonds. The Bertz CT molecular complexity index is 601. The summed E-state index contributed by atoms with van der Waals surface area (Å²) in [4.78, 5) is 45.6. The number of amides is 5. The molecule has 0 aromatic heterocycles. The van der Waals surface area contributed by atoms with Crippen LogP contribution < -0.4 is 10.6 Å². The molecule has 2 unspecified atom stereocenters. The van der Waals surface area contributed by atoms with E-state index in [0.717, 1.165) is 30.8 Å². The Balaban J connectivity index is 1.96. The first-order valence-corrected chi connectivity index (χ1v) is 8.63. The van der Waals surface area contributed by atoms with Crippen molar-refractivity contribution in [3.05, 3.63) is 0 Å². The van der Waals surface area contributed by atoms with Gasteiger partial charge in [-0.25, -0.2) is 19.5 Å². The Morgan fingerprint density at radius 1 is 1.36 bits per heavy atom. The summed E-state index contributed by atoms with van der Waals surface area (Å²) in [6, 6.07) is -1.40. The maximum Gasteiger partial charge on any atom is 0.334 e. The van der Waals surface area contributed by atoms with Crippen LogP contribution in [0.3, 0.4) is 0 Å². The molecular formula is C15H24N6O4. The van der Waals surface area contributed by atoms with Gasteiger partial charge in [0.25, 0.3) is 11.6 Å². The SMILES string of the molecule is CCN(CC)C(=O)N1C(=O)NC(=O)C2(O)N=CN(C3CCNCC3)C12. The topological polar surface area (TPSA) is 118 Å². The van der Waals surface area contributed by atoms with Crippen LogP contribution in [0.25, 0.3) is 0 Å². The summed E-state index contributed by atoms with van der Waals surface area (Å²) in [5, 5.41) is 16.1. The van der Waals surface area contributed by atoms with Crippen molar-refractivity contribution in [2.75, 3.05) is 26.2 Å². The van der Waals surface area contributed by atoms with Crippen LogP contribution in [0, 0.1) is 0 Å². The second kappa shape index (κ2) is 6.60. The highest BCUT2D eigenvalue weighted by Gasteiger charge is 2.61. The molecule has 138 valence electrons. The van der Waals surface area contributed by atoms with Gasteiger partial charge in [0.05, 0.1) is 6.34 Å². The summed E-state index contributed by atoms with van der Waals surface area (Å²) in [7, 11) is 0. The van der Waals surface area contributed by atoms with Gasteiger partial charge in [-0.15, -0.1) is 0 Å². The number of hydrogen-bond acceptors (Lipinski definition) is 7. The first-order valence-electron chi connectivity index (χ1n) is 8.63. The molecule has 10 heteroatoms. The van der Waals surface area contributed by atoms with Gasteiger partial charge in [-0.3, -0.25) is 10.1 Å². The highest BCUT2D eigenvalue weighted by Crippen LogP contribution is 2.33. The van der Waals surface area contributed by atoms with Gasteiger partial charge >= 0.3 is 12.1 Å². The Hall–Kier alpha value is -2.20. The zero-order valence-electron chi connectivity index (χ0n) is 14.4. The predicted molar refractivity (Wildman–Crippen MR) is 88.7 cm³/mol. The molecule has 3 N–H and O–H groups in total. The third-order valence-electron chi connectivity index (χ3n) is 5.02. The minimum atomic E-state index is -2.18. The molecule has 0 aliphatic carbocycles. The molecule has 0 radical (unpaired) electrons. The molecule has 2 atom stereocenters. The van der Waals surface area contributed by atoms with E-state index in [1.54, 1.807) is 18.7 Å². The van der Waals surface area contributed by atoms with Crippen LogP contribution in [0.15, 0.2) is 4.99 Å². The van der Waals surface area contributed by atoms with Crippen molar-refractivity contribution >= 4 is 24.3 Å². The zero-order chi connectivity index (χ0) is 18.2. The number of hydrogen-bond donors (Lipinski definition) is 3. The van der Waals surface area contributed by atoms with Crippen LogP contribution in [-0.4, -0.2) is 88.2 Å². The van der Waals surface area contributed by atoms with E-state index in [0.29, 0.717) is 13.1 Å². The van der Waals surface area contributed by atoms with Crippen molar-refractivity contribution in [1.29, 1.82) is 0 Å². The lowest BCUT2D eigenvalue weighted by molar-refractivity contribution is -0.152. The van der Waals surface area contributed by atoms with Gasteiger partial charge in [0, 0.05) is 19.1 Å². The number of nitrogens with one attached hydrogen (secondary N) is 2. The van der Waals surface area contributed by atoms with Crippen molar-refractivity contribution in [1.82, 2.24) is 25.3 Å². The molecule has 3 aliphatic rings. The van der Waals surface area contributed by atoms with Crippen LogP contribution >= 0.6 is 0 Å². The van der Waals surface area contributed by atoms with Crippen molar-refractivity contribution in [3.63, 3.8) is 0 Å². The van der Waals surface area contributed by atoms with E-state index in [1.807, 2.05) is 5.32 Å². The summed E-state index contributed by atoms with van der Waals surface area (Å²) >= 11 is 0. The van der Waals surface area contributed by atoms with E-state index in [2.05, 4.69) is 10.3 Å². The molecular weight excluding hydrogens is 328 g/mol. The van der Waals surface area contributed by atoms with Crippen LogP contribution in [-0.2, 0) is 4.79 Å². The molecule has 0 saturated carbocycles. The molecule has 25 heavy (non-hydrogen) atoms. The number of fused-ring (bicyclic) bond motifs is 1. The van der Waals surface area contributed by atoms with Gasteiger partial charge in [-0.05, 0) is 39.8 Å². The second-order valence-corrected chi connectivity index (χ2v) is 6.36. The summed E-state index contributed by atoms with van der Waals surface area (Å²) in [6.07, 6.45) is 1.76. The summed E-state index contributed by atoms with van der Waals surface area (Å²) in [5.41, 5.74) is -2.18. The van der Waals surface area contributed by atoms with Gasteiger partial charge in [-0.2, -0.15) is 0 Å². The van der Waals surface area contributed by atoms with E-state index in [1.165, 1.54) is 11.2 Å². The van der Waals surface area contributed by atoms with E-state index in [4.69, 9.17) is 0 Å². The number of carbonyl (C=O) groups excluding carboxylic acids is 3. The summed E-state index contributed by atoms with van der Waals surface area (Å²) in [6.45, 7) is 5.99. The van der Waals surface area contributed by atoms with E-state index in [-0.39, 0.29) is 6.04 Å². The molecule has 2 saturated heterocycles. The fourth-order valence-electron chi connectivity index (χ4n) is 3.58. The third kappa shape index (κ3) is 2.74. The molecule has 0 aromatic carbocycles. The maximum absolute atomic E-state index is 12.9. The molecule has 0 aromatic rings. The third-order valence-corrected chi connectivity index (χ3v) is 5.02. The van der Waals surface area contributed by atoms with Crippen LogP contribution in [0.5, 0.6) is 0 Å². The van der Waals surface area contributed by atoms with Crippen LogP contribution in [0.1, 0.15) is 26.7 Å². The highest BCUT2D eigenvalue weighted by atomic mass is 16.3. The van der Waals surface area contributed by atoms with Crippen molar-refractivity contribution in [2.45, 2.75) is 44.6 Å². The van der Waals surface area contributed by atoms with E-state index >= 15 is 0 Å². The lowest BCUT2D eigenvalue weighted by Gasteiger charge is -2.46. The lowest BCUT2D eigenvalue weighted by atomic mass is 10.0. The number of aliphatic imine (C=N–C) groups is 1. The number of nitrogens with zero attached hydrogens (tertiary/aromatic N) is 4. The normalized spacial score (nSPS) is 29.6. The first kappa shape index (κ1) is 17.6. The number of aliphatic hydroxyl groups is 1. The largest absolute Gasteiger partial charge is 0.359 e. The molecule has 0 spiro atoms. The number of imide groups is 2. The molecule has 3 heterocycles.